The maximum atomic E-state index is 12.6. The van der Waals surface area contributed by atoms with Crippen LogP contribution in [0.25, 0.3) is 0 Å². The molecule has 0 spiro atoms. The predicted octanol–water partition coefficient (Wildman–Crippen LogP) is 1.96. The van der Waals surface area contributed by atoms with E-state index in [0.717, 1.165) is 44.8 Å². The van der Waals surface area contributed by atoms with Gasteiger partial charge in [0.1, 0.15) is 5.82 Å². The summed E-state index contributed by atoms with van der Waals surface area (Å²) in [5.41, 5.74) is 4.04. The molecule has 2 N–H and O–H groups in total. The lowest BCUT2D eigenvalue weighted by molar-refractivity contribution is -0.892. The van der Waals surface area contributed by atoms with E-state index in [1.165, 1.54) is 34.6 Å². The summed E-state index contributed by atoms with van der Waals surface area (Å²) in [6.07, 6.45) is 6.63. The smallest absolute Gasteiger partial charge is 0.280 e. The van der Waals surface area contributed by atoms with Crippen molar-refractivity contribution in [2.45, 2.75) is 45.6 Å². The lowest BCUT2D eigenvalue weighted by Gasteiger charge is -2.34. The highest BCUT2D eigenvalue weighted by Crippen LogP contribution is 2.31. The largest absolute Gasteiger partial charge is 0.360 e. The lowest BCUT2D eigenvalue weighted by Crippen LogP contribution is -3.15. The molecule has 2 heterocycles. The van der Waals surface area contributed by atoms with Crippen molar-refractivity contribution in [3.8, 4) is 0 Å². The van der Waals surface area contributed by atoms with Gasteiger partial charge in [-0.1, -0.05) is 25.0 Å². The Bertz CT molecular complexity index is 816. The van der Waals surface area contributed by atoms with Gasteiger partial charge in [0.2, 0.25) is 0 Å². The van der Waals surface area contributed by atoms with E-state index >= 15 is 0 Å². The zero-order valence-corrected chi connectivity index (χ0v) is 17.1. The second-order valence-electron chi connectivity index (χ2n) is 8.28. The van der Waals surface area contributed by atoms with Crippen molar-refractivity contribution in [1.29, 1.82) is 0 Å². The van der Waals surface area contributed by atoms with E-state index in [9.17, 15) is 4.79 Å². The zero-order valence-electron chi connectivity index (χ0n) is 17.1. The standard InChI is InChI=1S/C22H31N5O/c1-17-6-5-9-20(18(17)2)26-14-12-25(13-15-26)16-22(28)24-21-10-11-23-27(21)19-7-3-4-8-19/h5-6,9-11,19H,3-4,7-8,12-16H2,1-2H3,(H,24,28)/p+1. The number of nitrogens with zero attached hydrogens (tertiary/aromatic N) is 3. The highest BCUT2D eigenvalue weighted by atomic mass is 16.2. The summed E-state index contributed by atoms with van der Waals surface area (Å²) in [4.78, 5) is 16.4. The molecule has 6 heteroatoms. The van der Waals surface area contributed by atoms with Crippen molar-refractivity contribution in [3.63, 3.8) is 0 Å². The highest BCUT2D eigenvalue weighted by molar-refractivity contribution is 5.90. The number of quaternary nitrogens is 1. The summed E-state index contributed by atoms with van der Waals surface area (Å²) in [6, 6.07) is 8.88. The first-order valence-electron chi connectivity index (χ1n) is 10.6. The number of piperazine rings is 1. The van der Waals surface area contributed by atoms with Crippen LogP contribution in [0.2, 0.25) is 0 Å². The van der Waals surface area contributed by atoms with Crippen LogP contribution in [-0.2, 0) is 4.79 Å². The summed E-state index contributed by atoms with van der Waals surface area (Å²) in [5.74, 6) is 0.945. The minimum absolute atomic E-state index is 0.0925. The molecule has 4 rings (SSSR count). The van der Waals surface area contributed by atoms with Crippen LogP contribution in [0.1, 0.15) is 42.9 Å². The van der Waals surface area contributed by atoms with Crippen molar-refractivity contribution in [1.82, 2.24) is 9.78 Å². The van der Waals surface area contributed by atoms with Gasteiger partial charge in [0.15, 0.2) is 6.54 Å². The Morgan fingerprint density at radius 2 is 1.93 bits per heavy atom. The van der Waals surface area contributed by atoms with Crippen molar-refractivity contribution < 1.29 is 9.69 Å². The molecule has 2 aromatic rings. The Labute approximate surface area is 167 Å². The molecule has 6 nitrogen and oxygen atoms in total. The number of carbonyl (C=O) groups is 1. The Hall–Kier alpha value is -2.34. The molecule has 1 amide bonds. The van der Waals surface area contributed by atoms with E-state index in [1.54, 1.807) is 6.20 Å². The van der Waals surface area contributed by atoms with Crippen molar-refractivity contribution >= 4 is 17.4 Å². The Kier molecular flexibility index (Phi) is 5.67. The molecular weight excluding hydrogens is 350 g/mol. The van der Waals surface area contributed by atoms with Gasteiger partial charge < -0.3 is 15.1 Å². The number of hydrogen-bond donors (Lipinski definition) is 2. The molecule has 150 valence electrons. The molecule has 0 unspecified atom stereocenters. The third-order valence-electron chi connectivity index (χ3n) is 6.41. The number of carbonyl (C=O) groups excluding carboxylic acids is 1. The van der Waals surface area contributed by atoms with Gasteiger partial charge in [0.25, 0.3) is 5.91 Å². The van der Waals surface area contributed by atoms with Crippen LogP contribution in [-0.4, -0.2) is 48.4 Å². The second kappa shape index (κ2) is 8.35. The van der Waals surface area contributed by atoms with Gasteiger partial charge in [-0.25, -0.2) is 4.68 Å². The molecule has 1 aromatic heterocycles. The molecule has 1 saturated heterocycles. The van der Waals surface area contributed by atoms with Crippen LogP contribution in [0.4, 0.5) is 11.5 Å². The van der Waals surface area contributed by atoms with Gasteiger partial charge in [-0.15, -0.1) is 0 Å². The molecule has 2 aliphatic rings. The number of rotatable bonds is 5. The van der Waals surface area contributed by atoms with Crippen molar-refractivity contribution in [3.05, 3.63) is 41.6 Å². The monoisotopic (exact) mass is 382 g/mol. The molecule has 0 bridgehead atoms. The third kappa shape index (κ3) is 4.07. The van der Waals surface area contributed by atoms with Gasteiger partial charge >= 0.3 is 0 Å². The molecule has 1 aliphatic carbocycles. The normalized spacial score (nSPS) is 18.6. The van der Waals surface area contributed by atoms with Crippen molar-refractivity contribution in [2.75, 3.05) is 42.9 Å². The first-order chi connectivity index (χ1) is 13.6. The first-order valence-corrected chi connectivity index (χ1v) is 10.6. The number of anilines is 2. The maximum Gasteiger partial charge on any atom is 0.280 e. The molecule has 0 radical (unpaired) electrons. The summed E-state index contributed by atoms with van der Waals surface area (Å²) >= 11 is 0. The van der Waals surface area contributed by atoms with Crippen LogP contribution in [0.3, 0.4) is 0 Å². The van der Waals surface area contributed by atoms with Gasteiger partial charge in [-0.2, -0.15) is 5.10 Å². The van der Waals surface area contributed by atoms with Crippen LogP contribution >= 0.6 is 0 Å². The van der Waals surface area contributed by atoms with E-state index in [4.69, 9.17) is 0 Å². The second-order valence-corrected chi connectivity index (χ2v) is 8.28. The number of nitrogens with one attached hydrogen (secondary N) is 2. The Morgan fingerprint density at radius 3 is 2.68 bits per heavy atom. The lowest BCUT2D eigenvalue weighted by atomic mass is 10.1. The molecule has 0 atom stereocenters. The molecular formula is C22H32N5O+. The average molecular weight is 383 g/mol. The number of hydrogen-bond acceptors (Lipinski definition) is 3. The molecule has 1 aliphatic heterocycles. The fraction of sp³-hybridized carbons (Fsp3) is 0.545. The fourth-order valence-electron chi connectivity index (χ4n) is 4.59. The minimum Gasteiger partial charge on any atom is -0.360 e. The quantitative estimate of drug-likeness (QED) is 0.831. The van der Waals surface area contributed by atoms with E-state index in [2.05, 4.69) is 47.4 Å². The number of aromatic nitrogens is 2. The summed E-state index contributed by atoms with van der Waals surface area (Å²) < 4.78 is 2.01. The predicted molar refractivity (Wildman–Crippen MR) is 112 cm³/mol. The van der Waals surface area contributed by atoms with E-state index in [0.29, 0.717) is 12.6 Å². The van der Waals surface area contributed by atoms with E-state index in [-0.39, 0.29) is 5.91 Å². The zero-order chi connectivity index (χ0) is 19.5. The summed E-state index contributed by atoms with van der Waals surface area (Å²) in [7, 11) is 0. The number of aryl methyl sites for hydroxylation is 1. The molecule has 1 aromatic carbocycles. The molecule has 2 fully saturated rings. The van der Waals surface area contributed by atoms with Crippen LogP contribution in [0.5, 0.6) is 0 Å². The van der Waals surface area contributed by atoms with Crippen LogP contribution in [0.15, 0.2) is 30.5 Å². The topological polar surface area (TPSA) is 54.6 Å². The molecule has 28 heavy (non-hydrogen) atoms. The first kappa shape index (κ1) is 19.0. The van der Waals surface area contributed by atoms with Gasteiger partial charge in [0, 0.05) is 11.8 Å². The van der Waals surface area contributed by atoms with Gasteiger partial charge in [-0.3, -0.25) is 4.79 Å². The number of benzene rings is 1. The summed E-state index contributed by atoms with van der Waals surface area (Å²) in [5, 5.41) is 7.55. The average Bonchev–Trinajstić information content (AvgIpc) is 3.36. The molecule has 1 saturated carbocycles. The van der Waals surface area contributed by atoms with E-state index < -0.39 is 0 Å². The summed E-state index contributed by atoms with van der Waals surface area (Å²) in [6.45, 7) is 8.85. The SMILES string of the molecule is Cc1cccc(N2CC[NH+](CC(=O)Nc3ccnn3C3CCCC3)CC2)c1C. The third-order valence-corrected chi connectivity index (χ3v) is 6.41. The maximum absolute atomic E-state index is 12.6. The fourth-order valence-corrected chi connectivity index (χ4v) is 4.59. The highest BCUT2D eigenvalue weighted by Gasteiger charge is 2.25. The van der Waals surface area contributed by atoms with Crippen molar-refractivity contribution in [2.24, 2.45) is 0 Å². The van der Waals surface area contributed by atoms with Crippen LogP contribution in [0, 0.1) is 13.8 Å². The van der Waals surface area contributed by atoms with E-state index in [1.807, 2.05) is 10.7 Å². The van der Waals surface area contributed by atoms with Gasteiger partial charge in [0.05, 0.1) is 38.4 Å². The number of amides is 1. The Balaban J connectivity index is 1.30. The van der Waals surface area contributed by atoms with Gasteiger partial charge in [-0.05, 0) is 43.9 Å². The van der Waals surface area contributed by atoms with Crippen LogP contribution < -0.4 is 15.1 Å². The minimum atomic E-state index is 0.0925. The Morgan fingerprint density at radius 1 is 1.18 bits per heavy atom.